The fourth-order valence-corrected chi connectivity index (χ4v) is 3.49. The standard InChI is InChI=1S/C10H10ClIN2O2S/c1-6(2)17(15,16)14-9-5-7(12)3-4-8(9)13-10(14)11/h3-6H,1-2H3. The van der Waals surface area contributed by atoms with Crippen LogP contribution in [0, 0.1) is 3.57 Å². The zero-order chi connectivity index (χ0) is 12.8. The van der Waals surface area contributed by atoms with Crippen LogP contribution in [0.25, 0.3) is 11.0 Å². The highest BCUT2D eigenvalue weighted by Gasteiger charge is 2.24. The molecule has 0 amide bonds. The van der Waals surface area contributed by atoms with Gasteiger partial charge in [-0.2, -0.15) is 0 Å². The first-order chi connectivity index (χ1) is 7.84. The van der Waals surface area contributed by atoms with Gasteiger partial charge in [0.2, 0.25) is 15.3 Å². The molecule has 0 aliphatic heterocycles. The number of rotatable bonds is 2. The van der Waals surface area contributed by atoms with E-state index in [1.807, 2.05) is 6.07 Å². The molecule has 92 valence electrons. The van der Waals surface area contributed by atoms with Crippen LogP contribution in [0.1, 0.15) is 13.8 Å². The number of aromatic nitrogens is 2. The van der Waals surface area contributed by atoms with Crippen molar-refractivity contribution >= 4 is 55.2 Å². The first-order valence-corrected chi connectivity index (χ1v) is 7.88. The van der Waals surface area contributed by atoms with Crippen LogP contribution in [0.15, 0.2) is 18.2 Å². The molecule has 0 unspecified atom stereocenters. The van der Waals surface area contributed by atoms with Crippen molar-refractivity contribution in [3.05, 3.63) is 27.1 Å². The molecular formula is C10H10ClIN2O2S. The highest BCUT2D eigenvalue weighted by atomic mass is 127. The minimum absolute atomic E-state index is 0.0179. The second-order valence-electron chi connectivity index (χ2n) is 3.87. The molecule has 2 aromatic rings. The van der Waals surface area contributed by atoms with E-state index in [0.717, 1.165) is 7.54 Å². The van der Waals surface area contributed by atoms with Gasteiger partial charge >= 0.3 is 0 Å². The Balaban J connectivity index is 2.86. The van der Waals surface area contributed by atoms with E-state index in [9.17, 15) is 8.42 Å². The summed E-state index contributed by atoms with van der Waals surface area (Å²) in [6, 6.07) is 5.38. The Morgan fingerprint density at radius 3 is 2.65 bits per heavy atom. The third-order valence-corrected chi connectivity index (χ3v) is 5.48. The zero-order valence-electron chi connectivity index (χ0n) is 9.18. The third kappa shape index (κ3) is 2.17. The molecule has 0 spiro atoms. The van der Waals surface area contributed by atoms with Gasteiger partial charge in [0.05, 0.1) is 16.3 Å². The van der Waals surface area contributed by atoms with Crippen LogP contribution in [-0.4, -0.2) is 22.6 Å². The van der Waals surface area contributed by atoms with Crippen molar-refractivity contribution in [2.75, 3.05) is 0 Å². The van der Waals surface area contributed by atoms with Gasteiger partial charge in [0.1, 0.15) is 0 Å². The molecule has 0 saturated heterocycles. The molecule has 0 atom stereocenters. The van der Waals surface area contributed by atoms with Crippen molar-refractivity contribution in [1.82, 2.24) is 8.96 Å². The van der Waals surface area contributed by atoms with E-state index in [1.165, 1.54) is 0 Å². The van der Waals surface area contributed by atoms with Crippen LogP contribution in [-0.2, 0) is 10.0 Å². The van der Waals surface area contributed by atoms with Crippen LogP contribution in [0.4, 0.5) is 0 Å². The number of hydrogen-bond donors (Lipinski definition) is 0. The van der Waals surface area contributed by atoms with E-state index in [1.54, 1.807) is 26.0 Å². The van der Waals surface area contributed by atoms with Crippen LogP contribution >= 0.6 is 34.2 Å². The first-order valence-electron chi connectivity index (χ1n) is 4.92. The van der Waals surface area contributed by atoms with Gasteiger partial charge in [-0.25, -0.2) is 17.4 Å². The van der Waals surface area contributed by atoms with Gasteiger partial charge in [0, 0.05) is 3.57 Å². The molecule has 4 nitrogen and oxygen atoms in total. The van der Waals surface area contributed by atoms with Gasteiger partial charge in [0.25, 0.3) is 0 Å². The number of nitrogens with zero attached hydrogens (tertiary/aromatic N) is 2. The molecule has 0 N–H and O–H groups in total. The zero-order valence-corrected chi connectivity index (χ0v) is 12.9. The molecule has 1 heterocycles. The van der Waals surface area contributed by atoms with Crippen LogP contribution in [0.5, 0.6) is 0 Å². The predicted molar refractivity (Wildman–Crippen MR) is 76.9 cm³/mol. The van der Waals surface area contributed by atoms with Crippen molar-refractivity contribution in [2.45, 2.75) is 19.1 Å². The van der Waals surface area contributed by atoms with Crippen molar-refractivity contribution in [2.24, 2.45) is 0 Å². The van der Waals surface area contributed by atoms with Crippen molar-refractivity contribution in [1.29, 1.82) is 0 Å². The molecule has 0 aliphatic rings. The minimum atomic E-state index is -3.49. The quantitative estimate of drug-likeness (QED) is 0.748. The maximum absolute atomic E-state index is 12.2. The van der Waals surface area contributed by atoms with E-state index in [0.29, 0.717) is 11.0 Å². The Labute approximate surface area is 118 Å². The van der Waals surface area contributed by atoms with E-state index < -0.39 is 15.3 Å². The van der Waals surface area contributed by atoms with Crippen molar-refractivity contribution in [3.8, 4) is 0 Å². The van der Waals surface area contributed by atoms with E-state index in [4.69, 9.17) is 11.6 Å². The SMILES string of the molecule is CC(C)S(=O)(=O)n1c(Cl)nc2ccc(I)cc21. The lowest BCUT2D eigenvalue weighted by atomic mass is 10.3. The molecule has 0 bridgehead atoms. The van der Waals surface area contributed by atoms with E-state index in [2.05, 4.69) is 27.6 Å². The topological polar surface area (TPSA) is 52.0 Å². The smallest absolute Gasteiger partial charge is 0.217 e. The second-order valence-corrected chi connectivity index (χ2v) is 7.79. The lowest BCUT2D eigenvalue weighted by Gasteiger charge is -2.10. The fourth-order valence-electron chi connectivity index (χ4n) is 1.45. The van der Waals surface area contributed by atoms with Gasteiger partial charge in [-0.15, -0.1) is 0 Å². The van der Waals surface area contributed by atoms with Gasteiger partial charge < -0.3 is 0 Å². The van der Waals surface area contributed by atoms with Crippen molar-refractivity contribution < 1.29 is 8.42 Å². The van der Waals surface area contributed by atoms with Crippen LogP contribution in [0.2, 0.25) is 5.28 Å². The number of imidazole rings is 1. The van der Waals surface area contributed by atoms with Gasteiger partial charge in [-0.1, -0.05) is 0 Å². The largest absolute Gasteiger partial charge is 0.243 e. The lowest BCUT2D eigenvalue weighted by Crippen LogP contribution is -2.22. The molecule has 0 fully saturated rings. The summed E-state index contributed by atoms with van der Waals surface area (Å²) in [4.78, 5) is 4.05. The summed E-state index contributed by atoms with van der Waals surface area (Å²) in [6.45, 7) is 3.23. The maximum Gasteiger partial charge on any atom is 0.243 e. The summed E-state index contributed by atoms with van der Waals surface area (Å²) in [5.74, 6) is 0. The van der Waals surface area contributed by atoms with E-state index in [-0.39, 0.29) is 5.28 Å². The molecule has 0 radical (unpaired) electrons. The number of fused-ring (bicyclic) bond motifs is 1. The van der Waals surface area contributed by atoms with Crippen LogP contribution in [0.3, 0.4) is 0 Å². The van der Waals surface area contributed by atoms with Gasteiger partial charge in [-0.05, 0) is 66.2 Å². The molecule has 17 heavy (non-hydrogen) atoms. The van der Waals surface area contributed by atoms with Crippen LogP contribution < -0.4 is 0 Å². The Morgan fingerprint density at radius 1 is 1.41 bits per heavy atom. The van der Waals surface area contributed by atoms with Gasteiger partial charge in [0.15, 0.2) is 0 Å². The summed E-state index contributed by atoms with van der Waals surface area (Å²) in [5.41, 5.74) is 1.11. The predicted octanol–water partition coefficient (Wildman–Crippen LogP) is 2.88. The average molecular weight is 385 g/mol. The Hall–Kier alpha value is -0.340. The summed E-state index contributed by atoms with van der Waals surface area (Å²) in [7, 11) is -3.49. The second kappa shape index (κ2) is 4.40. The molecule has 0 aliphatic carbocycles. The third-order valence-electron chi connectivity index (χ3n) is 2.39. The number of hydrogen-bond acceptors (Lipinski definition) is 3. The van der Waals surface area contributed by atoms with Gasteiger partial charge in [-0.3, -0.25) is 0 Å². The molecule has 7 heteroatoms. The summed E-state index contributed by atoms with van der Waals surface area (Å²) < 4.78 is 26.4. The monoisotopic (exact) mass is 384 g/mol. The average Bonchev–Trinajstić information content (AvgIpc) is 2.53. The minimum Gasteiger partial charge on any atom is -0.217 e. The lowest BCUT2D eigenvalue weighted by molar-refractivity contribution is 0.580. The summed E-state index contributed by atoms with van der Waals surface area (Å²) in [5, 5.41) is -0.564. The molecule has 2 rings (SSSR count). The summed E-state index contributed by atoms with van der Waals surface area (Å²) >= 11 is 8.04. The normalized spacial score (nSPS) is 12.5. The highest BCUT2D eigenvalue weighted by molar-refractivity contribution is 14.1. The Bertz CT molecular complexity index is 679. The fraction of sp³-hybridized carbons (Fsp3) is 0.300. The Morgan fingerprint density at radius 2 is 2.06 bits per heavy atom. The Kier molecular flexibility index (Phi) is 3.39. The summed E-state index contributed by atoms with van der Waals surface area (Å²) in [6.07, 6.45) is 0. The molecular weight excluding hydrogens is 375 g/mol. The van der Waals surface area contributed by atoms with Crippen molar-refractivity contribution in [3.63, 3.8) is 0 Å². The first kappa shape index (κ1) is 13.1. The molecule has 0 saturated carbocycles. The number of benzene rings is 1. The van der Waals surface area contributed by atoms with E-state index >= 15 is 0 Å². The maximum atomic E-state index is 12.2. The number of halogens is 2. The molecule has 1 aromatic heterocycles. The molecule has 1 aromatic carbocycles. The highest BCUT2D eigenvalue weighted by Crippen LogP contribution is 2.25.